The number of nitrogens with zero attached hydrogens (tertiary/aromatic N) is 2. The van der Waals surface area contributed by atoms with Crippen LogP contribution in [0, 0.1) is 6.92 Å². The van der Waals surface area contributed by atoms with Crippen LogP contribution in [0.25, 0.3) is 22.2 Å². The van der Waals surface area contributed by atoms with Gasteiger partial charge in [-0.3, -0.25) is 9.78 Å². The van der Waals surface area contributed by atoms with Gasteiger partial charge in [-0.2, -0.15) is 0 Å². The lowest BCUT2D eigenvalue weighted by molar-refractivity contribution is 0.0997. The number of methoxy groups -OCH3 is 1. The van der Waals surface area contributed by atoms with Crippen molar-refractivity contribution < 1.29 is 9.53 Å². The Bertz CT molecular complexity index is 922. The summed E-state index contributed by atoms with van der Waals surface area (Å²) < 4.78 is 5.37. The zero-order valence-electron chi connectivity index (χ0n) is 12.8. The Kier molecular flexibility index (Phi) is 3.57. The molecular formula is C17H16N4O2. The highest BCUT2D eigenvalue weighted by atomic mass is 16.5. The van der Waals surface area contributed by atoms with Crippen molar-refractivity contribution in [3.8, 4) is 16.9 Å². The molecule has 0 aliphatic rings. The van der Waals surface area contributed by atoms with E-state index in [2.05, 4.69) is 9.97 Å². The maximum absolute atomic E-state index is 11.7. The predicted molar refractivity (Wildman–Crippen MR) is 89.2 cm³/mol. The number of primary amides is 1. The number of hydrogen-bond acceptors (Lipinski definition) is 5. The lowest BCUT2D eigenvalue weighted by atomic mass is 9.96. The third-order valence-corrected chi connectivity index (χ3v) is 3.79. The molecule has 4 N–H and O–H groups in total. The van der Waals surface area contributed by atoms with E-state index in [0.29, 0.717) is 16.6 Å². The smallest absolute Gasteiger partial charge is 0.269 e. The summed E-state index contributed by atoms with van der Waals surface area (Å²) in [4.78, 5) is 20.3. The summed E-state index contributed by atoms with van der Waals surface area (Å²) in [5, 5.41) is 0. The van der Waals surface area contributed by atoms with Crippen molar-refractivity contribution in [1.82, 2.24) is 9.97 Å². The number of pyridine rings is 2. The lowest BCUT2D eigenvalue weighted by Crippen LogP contribution is -2.17. The van der Waals surface area contributed by atoms with E-state index in [1.54, 1.807) is 25.4 Å². The molecule has 0 aliphatic carbocycles. The monoisotopic (exact) mass is 308 g/mol. The average molecular weight is 308 g/mol. The number of nitrogen functional groups attached to an aromatic ring is 1. The standard InChI is InChI=1S/C17H16N4O2/c1-9-10(5-3-7-12(9)23-2)13-14(18)16(17(19)22)21-11-6-4-8-20-15(11)13/h3-8H,18H2,1-2H3,(H2,19,22). The first kappa shape index (κ1) is 14.8. The first-order chi connectivity index (χ1) is 11.0. The molecule has 0 saturated carbocycles. The topological polar surface area (TPSA) is 104 Å². The maximum Gasteiger partial charge on any atom is 0.269 e. The normalized spacial score (nSPS) is 10.7. The number of rotatable bonds is 3. The van der Waals surface area contributed by atoms with E-state index in [9.17, 15) is 4.79 Å². The summed E-state index contributed by atoms with van der Waals surface area (Å²) in [5.74, 6) is 0.0541. The summed E-state index contributed by atoms with van der Waals surface area (Å²) >= 11 is 0. The van der Waals surface area contributed by atoms with Crippen molar-refractivity contribution in [3.63, 3.8) is 0 Å². The van der Waals surface area contributed by atoms with Gasteiger partial charge in [-0.15, -0.1) is 0 Å². The molecule has 3 aromatic rings. The summed E-state index contributed by atoms with van der Waals surface area (Å²) in [7, 11) is 1.60. The van der Waals surface area contributed by atoms with Crippen LogP contribution in [-0.2, 0) is 0 Å². The molecule has 0 bridgehead atoms. The molecule has 0 radical (unpaired) electrons. The third kappa shape index (κ3) is 2.34. The number of fused-ring (bicyclic) bond motifs is 1. The van der Waals surface area contributed by atoms with Gasteiger partial charge in [0.15, 0.2) is 5.69 Å². The number of anilines is 1. The fourth-order valence-electron chi connectivity index (χ4n) is 2.67. The van der Waals surface area contributed by atoms with Gasteiger partial charge in [-0.1, -0.05) is 12.1 Å². The quantitative estimate of drug-likeness (QED) is 0.772. The molecule has 23 heavy (non-hydrogen) atoms. The molecule has 1 aromatic carbocycles. The van der Waals surface area contributed by atoms with Crippen LogP contribution in [0.5, 0.6) is 5.75 Å². The van der Waals surface area contributed by atoms with Crippen LogP contribution in [0.2, 0.25) is 0 Å². The Morgan fingerprint density at radius 1 is 1.22 bits per heavy atom. The molecule has 0 aliphatic heterocycles. The maximum atomic E-state index is 11.7. The van der Waals surface area contributed by atoms with Gasteiger partial charge < -0.3 is 16.2 Å². The van der Waals surface area contributed by atoms with Gasteiger partial charge in [0, 0.05) is 11.8 Å². The third-order valence-electron chi connectivity index (χ3n) is 3.79. The van der Waals surface area contributed by atoms with Crippen molar-refractivity contribution in [2.45, 2.75) is 6.92 Å². The minimum atomic E-state index is -0.671. The number of carbonyl (C=O) groups excluding carboxylic acids is 1. The Balaban J connectivity index is 2.45. The molecule has 0 spiro atoms. The van der Waals surface area contributed by atoms with Gasteiger partial charge in [0.05, 0.1) is 23.8 Å². The Labute approximate surface area is 133 Å². The highest BCUT2D eigenvalue weighted by Gasteiger charge is 2.20. The van der Waals surface area contributed by atoms with Crippen molar-refractivity contribution in [3.05, 3.63) is 47.8 Å². The molecular weight excluding hydrogens is 292 g/mol. The second-order valence-corrected chi connectivity index (χ2v) is 5.12. The van der Waals surface area contributed by atoms with Gasteiger partial charge in [0.25, 0.3) is 5.91 Å². The van der Waals surface area contributed by atoms with Crippen LogP contribution in [0.3, 0.4) is 0 Å². The van der Waals surface area contributed by atoms with Crippen LogP contribution in [0.1, 0.15) is 16.1 Å². The van der Waals surface area contributed by atoms with E-state index in [1.807, 2.05) is 25.1 Å². The number of hydrogen-bond donors (Lipinski definition) is 2. The molecule has 0 unspecified atom stereocenters. The van der Waals surface area contributed by atoms with Gasteiger partial charge in [-0.05, 0) is 36.2 Å². The molecule has 2 heterocycles. The SMILES string of the molecule is COc1cccc(-c2c(N)c(C(N)=O)nc3cccnc23)c1C. The first-order valence-corrected chi connectivity index (χ1v) is 7.02. The first-order valence-electron chi connectivity index (χ1n) is 7.02. The van der Waals surface area contributed by atoms with E-state index < -0.39 is 5.91 Å². The van der Waals surface area contributed by atoms with E-state index in [0.717, 1.165) is 16.9 Å². The number of nitrogens with two attached hydrogens (primary N) is 2. The second-order valence-electron chi connectivity index (χ2n) is 5.12. The minimum absolute atomic E-state index is 0.0442. The van der Waals surface area contributed by atoms with Crippen LogP contribution < -0.4 is 16.2 Å². The fraction of sp³-hybridized carbons (Fsp3) is 0.118. The van der Waals surface area contributed by atoms with Crippen molar-refractivity contribution >= 4 is 22.6 Å². The van der Waals surface area contributed by atoms with Crippen LogP contribution in [0.4, 0.5) is 5.69 Å². The van der Waals surface area contributed by atoms with E-state index >= 15 is 0 Å². The molecule has 0 saturated heterocycles. The van der Waals surface area contributed by atoms with Gasteiger partial charge in [0.2, 0.25) is 0 Å². The lowest BCUT2D eigenvalue weighted by Gasteiger charge is -2.15. The molecule has 2 aromatic heterocycles. The molecule has 1 amide bonds. The predicted octanol–water partition coefficient (Wildman–Crippen LogP) is 2.29. The van der Waals surface area contributed by atoms with E-state index in [-0.39, 0.29) is 11.4 Å². The largest absolute Gasteiger partial charge is 0.496 e. The number of aromatic nitrogens is 2. The highest BCUT2D eigenvalue weighted by molar-refractivity contribution is 6.07. The summed E-state index contributed by atoms with van der Waals surface area (Å²) in [6.07, 6.45) is 1.66. The van der Waals surface area contributed by atoms with Crippen molar-refractivity contribution in [2.24, 2.45) is 5.73 Å². The molecule has 3 rings (SSSR count). The molecule has 0 fully saturated rings. The van der Waals surface area contributed by atoms with Gasteiger partial charge in [0.1, 0.15) is 5.75 Å². The zero-order valence-corrected chi connectivity index (χ0v) is 12.8. The number of ether oxygens (including phenoxy) is 1. The second kappa shape index (κ2) is 5.57. The van der Waals surface area contributed by atoms with Crippen molar-refractivity contribution in [1.29, 1.82) is 0 Å². The summed E-state index contributed by atoms with van der Waals surface area (Å²) in [6.45, 7) is 1.92. The van der Waals surface area contributed by atoms with Crippen LogP contribution >= 0.6 is 0 Å². The Morgan fingerprint density at radius 3 is 2.70 bits per heavy atom. The number of benzene rings is 1. The van der Waals surface area contributed by atoms with Crippen LogP contribution in [-0.4, -0.2) is 23.0 Å². The van der Waals surface area contributed by atoms with Crippen molar-refractivity contribution in [2.75, 3.05) is 12.8 Å². The summed E-state index contributed by atoms with van der Waals surface area (Å²) in [6, 6.07) is 9.15. The molecule has 6 nitrogen and oxygen atoms in total. The average Bonchev–Trinajstić information content (AvgIpc) is 2.55. The van der Waals surface area contributed by atoms with E-state index in [1.165, 1.54) is 0 Å². The Hall–Kier alpha value is -3.15. The number of carbonyl (C=O) groups is 1. The molecule has 6 heteroatoms. The van der Waals surface area contributed by atoms with E-state index in [4.69, 9.17) is 16.2 Å². The molecule has 116 valence electrons. The molecule has 0 atom stereocenters. The number of amides is 1. The minimum Gasteiger partial charge on any atom is -0.496 e. The Morgan fingerprint density at radius 2 is 2.00 bits per heavy atom. The fourth-order valence-corrected chi connectivity index (χ4v) is 2.67. The summed E-state index contributed by atoms with van der Waals surface area (Å²) in [5.41, 5.74) is 15.4. The van der Waals surface area contributed by atoms with Crippen LogP contribution in [0.15, 0.2) is 36.5 Å². The van der Waals surface area contributed by atoms with Gasteiger partial charge in [-0.25, -0.2) is 4.98 Å². The zero-order chi connectivity index (χ0) is 16.6. The highest BCUT2D eigenvalue weighted by Crippen LogP contribution is 2.38. The van der Waals surface area contributed by atoms with Gasteiger partial charge >= 0.3 is 0 Å².